The van der Waals surface area contributed by atoms with Gasteiger partial charge in [0.15, 0.2) is 0 Å². The predicted octanol–water partition coefficient (Wildman–Crippen LogP) is 2.87. The second-order valence-electron chi connectivity index (χ2n) is 7.77. The first-order valence-corrected chi connectivity index (χ1v) is 9.25. The van der Waals surface area contributed by atoms with Crippen molar-refractivity contribution in [3.8, 4) is 0 Å². The highest BCUT2D eigenvalue weighted by Gasteiger charge is 2.66. The molecule has 1 fully saturated rings. The Morgan fingerprint density at radius 3 is 3.04 bits per heavy atom. The normalized spacial score (nSPS) is 37.6. The van der Waals surface area contributed by atoms with E-state index in [0.717, 1.165) is 31.5 Å². The van der Waals surface area contributed by atoms with E-state index < -0.39 is 0 Å². The van der Waals surface area contributed by atoms with Gasteiger partial charge in [-0.3, -0.25) is 4.90 Å². The van der Waals surface area contributed by atoms with Crippen LogP contribution in [0.4, 0.5) is 5.69 Å². The molecular formula is C21H24N2O2. The van der Waals surface area contributed by atoms with Crippen molar-refractivity contribution in [3.63, 3.8) is 0 Å². The highest BCUT2D eigenvalue weighted by molar-refractivity contribution is 5.93. The number of carbonyl (C=O) groups is 1. The molecule has 1 N–H and O–H groups in total. The smallest absolute Gasteiger partial charge is 0.335 e. The van der Waals surface area contributed by atoms with Gasteiger partial charge in [-0.1, -0.05) is 43.4 Å². The number of para-hydroxylation sites is 1. The molecule has 5 rings (SSSR count). The van der Waals surface area contributed by atoms with Crippen molar-refractivity contribution in [1.82, 2.24) is 4.90 Å². The van der Waals surface area contributed by atoms with Crippen molar-refractivity contribution in [2.75, 3.05) is 25.5 Å². The van der Waals surface area contributed by atoms with Crippen molar-refractivity contribution < 1.29 is 9.53 Å². The van der Waals surface area contributed by atoms with Crippen molar-refractivity contribution in [2.45, 2.75) is 37.3 Å². The Labute approximate surface area is 148 Å². The molecule has 0 amide bonds. The minimum Gasteiger partial charge on any atom is -0.466 e. The molecule has 130 valence electrons. The molecule has 1 spiro atoms. The lowest BCUT2D eigenvalue weighted by atomic mass is 9.55. The summed E-state index contributed by atoms with van der Waals surface area (Å²) in [7, 11) is 1.49. The van der Waals surface area contributed by atoms with E-state index in [9.17, 15) is 4.79 Å². The van der Waals surface area contributed by atoms with Crippen LogP contribution in [-0.4, -0.2) is 43.2 Å². The average Bonchev–Trinajstić information content (AvgIpc) is 3.21. The molecule has 0 bridgehead atoms. The Balaban J connectivity index is 1.81. The van der Waals surface area contributed by atoms with Crippen molar-refractivity contribution >= 4 is 11.7 Å². The molecule has 1 aromatic rings. The Morgan fingerprint density at radius 1 is 1.40 bits per heavy atom. The van der Waals surface area contributed by atoms with Gasteiger partial charge < -0.3 is 10.1 Å². The van der Waals surface area contributed by atoms with Crippen LogP contribution < -0.4 is 5.32 Å². The molecule has 4 atom stereocenters. The maximum atomic E-state index is 12.7. The first-order chi connectivity index (χ1) is 12.2. The fourth-order valence-corrected chi connectivity index (χ4v) is 6.04. The first-order valence-electron chi connectivity index (χ1n) is 9.25. The number of methoxy groups -OCH3 is 1. The van der Waals surface area contributed by atoms with Crippen LogP contribution in [0.5, 0.6) is 0 Å². The van der Waals surface area contributed by atoms with Crippen LogP contribution in [0.25, 0.3) is 0 Å². The number of carbonyl (C=O) groups excluding carboxylic acids is 1. The third-order valence-electron chi connectivity index (χ3n) is 6.96. The number of benzene rings is 1. The zero-order chi connectivity index (χ0) is 17.2. The Bertz CT molecular complexity index is 814. The molecule has 4 heteroatoms. The molecule has 1 aliphatic carbocycles. The molecule has 1 aromatic carbocycles. The van der Waals surface area contributed by atoms with Crippen LogP contribution in [0.3, 0.4) is 0 Å². The summed E-state index contributed by atoms with van der Waals surface area (Å²) in [5.74, 6) is -0.201. The van der Waals surface area contributed by atoms with E-state index in [1.807, 2.05) is 0 Å². The summed E-state index contributed by atoms with van der Waals surface area (Å²) in [4.78, 5) is 15.3. The van der Waals surface area contributed by atoms with E-state index in [-0.39, 0.29) is 22.8 Å². The largest absolute Gasteiger partial charge is 0.466 e. The SMILES string of the molecule is CC[C@@]12C=CCN3CC[C@]4(c5ccccc5N[C@@H]4C(C(=O)OC)=C1)[C@H]32. The summed E-state index contributed by atoms with van der Waals surface area (Å²) in [5.41, 5.74) is 3.18. The molecule has 3 aliphatic heterocycles. The lowest BCUT2D eigenvalue weighted by Crippen LogP contribution is -2.62. The lowest BCUT2D eigenvalue weighted by molar-refractivity contribution is -0.137. The Morgan fingerprint density at radius 2 is 2.24 bits per heavy atom. The molecule has 25 heavy (non-hydrogen) atoms. The van der Waals surface area contributed by atoms with Crippen LogP contribution in [-0.2, 0) is 14.9 Å². The molecule has 0 unspecified atom stereocenters. The van der Waals surface area contributed by atoms with Crippen LogP contribution in [0.1, 0.15) is 25.3 Å². The third-order valence-corrected chi connectivity index (χ3v) is 6.96. The minimum absolute atomic E-state index is 0.00137. The van der Waals surface area contributed by atoms with Gasteiger partial charge in [-0.2, -0.15) is 0 Å². The number of nitrogens with zero attached hydrogens (tertiary/aromatic N) is 1. The lowest BCUT2D eigenvalue weighted by Gasteiger charge is -2.54. The average molecular weight is 336 g/mol. The molecule has 1 saturated heterocycles. The second kappa shape index (κ2) is 4.98. The fraction of sp³-hybridized carbons (Fsp3) is 0.476. The van der Waals surface area contributed by atoms with Gasteiger partial charge in [0, 0.05) is 29.1 Å². The first kappa shape index (κ1) is 15.2. The fourth-order valence-electron chi connectivity index (χ4n) is 6.04. The van der Waals surface area contributed by atoms with Crippen molar-refractivity contribution in [2.24, 2.45) is 5.41 Å². The van der Waals surface area contributed by atoms with Crippen LogP contribution in [0.15, 0.2) is 48.1 Å². The van der Waals surface area contributed by atoms with Crippen molar-refractivity contribution in [3.05, 3.63) is 53.6 Å². The number of hydrogen-bond donors (Lipinski definition) is 1. The second-order valence-corrected chi connectivity index (χ2v) is 7.77. The minimum atomic E-state index is -0.201. The van der Waals surface area contributed by atoms with Crippen molar-refractivity contribution in [1.29, 1.82) is 0 Å². The standard InChI is InChI=1S/C21H24N2O2/c1-3-20-9-6-11-23-12-10-21(19(20)23)15-7-4-5-8-16(15)22-17(21)14(13-20)18(24)25-2/h4-9,13,17,19,22H,3,10-12H2,1-2H3/t17-,19-,20-,21-/m1/s1. The molecular weight excluding hydrogens is 312 g/mol. The summed E-state index contributed by atoms with van der Waals surface area (Å²) in [5, 5.41) is 3.67. The summed E-state index contributed by atoms with van der Waals surface area (Å²) >= 11 is 0. The summed E-state index contributed by atoms with van der Waals surface area (Å²) in [6, 6.07) is 8.99. The van der Waals surface area contributed by atoms with E-state index >= 15 is 0 Å². The van der Waals surface area contributed by atoms with Gasteiger partial charge in [-0.25, -0.2) is 4.79 Å². The maximum absolute atomic E-state index is 12.7. The van der Waals surface area contributed by atoms with E-state index in [1.165, 1.54) is 18.4 Å². The predicted molar refractivity (Wildman–Crippen MR) is 97.5 cm³/mol. The highest BCUT2D eigenvalue weighted by Crippen LogP contribution is 2.62. The van der Waals surface area contributed by atoms with Gasteiger partial charge in [0.1, 0.15) is 0 Å². The number of rotatable bonds is 2. The van der Waals surface area contributed by atoms with Crippen LogP contribution in [0, 0.1) is 5.41 Å². The number of esters is 1. The molecule has 0 radical (unpaired) electrons. The number of fused-ring (bicyclic) bond motifs is 1. The number of hydrogen-bond acceptors (Lipinski definition) is 4. The summed E-state index contributed by atoms with van der Waals surface area (Å²) in [6.07, 6.45) is 8.89. The van der Waals surface area contributed by atoms with E-state index in [0.29, 0.717) is 6.04 Å². The molecule has 4 nitrogen and oxygen atoms in total. The number of nitrogens with one attached hydrogen (secondary N) is 1. The molecule has 4 aliphatic rings. The van der Waals surface area contributed by atoms with Gasteiger partial charge in [-0.05, 0) is 31.0 Å². The monoisotopic (exact) mass is 336 g/mol. The quantitative estimate of drug-likeness (QED) is 0.666. The van der Waals surface area contributed by atoms with E-state index in [1.54, 1.807) is 0 Å². The van der Waals surface area contributed by atoms with Crippen LogP contribution in [0.2, 0.25) is 0 Å². The van der Waals surface area contributed by atoms with E-state index in [2.05, 4.69) is 59.6 Å². The van der Waals surface area contributed by atoms with Gasteiger partial charge in [0.25, 0.3) is 0 Å². The topological polar surface area (TPSA) is 41.6 Å². The summed E-state index contributed by atoms with van der Waals surface area (Å²) < 4.78 is 5.18. The zero-order valence-corrected chi connectivity index (χ0v) is 14.8. The Hall–Kier alpha value is -2.07. The third kappa shape index (κ3) is 1.68. The molecule has 0 saturated carbocycles. The maximum Gasteiger partial charge on any atom is 0.335 e. The molecule has 0 aromatic heterocycles. The zero-order valence-electron chi connectivity index (χ0n) is 14.8. The highest BCUT2D eigenvalue weighted by atomic mass is 16.5. The number of ether oxygens (including phenoxy) is 1. The van der Waals surface area contributed by atoms with Gasteiger partial charge in [-0.15, -0.1) is 0 Å². The van der Waals surface area contributed by atoms with E-state index in [4.69, 9.17) is 4.74 Å². The summed E-state index contributed by atoms with van der Waals surface area (Å²) in [6.45, 7) is 4.32. The molecule has 3 heterocycles. The number of anilines is 1. The van der Waals surface area contributed by atoms with Gasteiger partial charge in [0.2, 0.25) is 0 Å². The van der Waals surface area contributed by atoms with Gasteiger partial charge in [0.05, 0.1) is 18.7 Å². The van der Waals surface area contributed by atoms with Crippen LogP contribution >= 0.6 is 0 Å². The van der Waals surface area contributed by atoms with Gasteiger partial charge >= 0.3 is 5.97 Å². The Kier molecular flexibility index (Phi) is 3.03.